The zero-order valence-electron chi connectivity index (χ0n) is 14.2. The maximum absolute atomic E-state index is 11.6. The Hall–Kier alpha value is -2.57. The van der Waals surface area contributed by atoms with Gasteiger partial charge in [0.15, 0.2) is 17.6 Å². The van der Waals surface area contributed by atoms with Crippen molar-refractivity contribution in [1.82, 2.24) is 0 Å². The van der Waals surface area contributed by atoms with Gasteiger partial charge in [0, 0.05) is 0 Å². The Morgan fingerprint density at radius 2 is 1.80 bits per heavy atom. The third-order valence-corrected chi connectivity index (χ3v) is 3.59. The highest BCUT2D eigenvalue weighted by Crippen LogP contribution is 2.32. The predicted octanol–water partition coefficient (Wildman–Crippen LogP) is 2.23. The molecule has 0 heterocycles. The summed E-state index contributed by atoms with van der Waals surface area (Å²) in [7, 11) is 1.47. The van der Waals surface area contributed by atoms with Crippen molar-refractivity contribution in [2.24, 2.45) is 0 Å². The molecule has 0 radical (unpaired) electrons. The van der Waals surface area contributed by atoms with Crippen LogP contribution in [0.5, 0.6) is 11.5 Å². The monoisotopic (exact) mass is 346 g/mol. The standard InChI is InChI=1S/C19H22O6/c1-3-24-19(22)18(21)17(20)14-9-10-15(16(11-14)23-2)25-12-13-7-5-4-6-8-13/h4-11,17-18,20-21H,3,12H2,1-2H3. The first kappa shape index (κ1) is 18.8. The lowest BCUT2D eigenvalue weighted by Crippen LogP contribution is -2.29. The maximum atomic E-state index is 11.6. The Morgan fingerprint density at radius 3 is 2.44 bits per heavy atom. The van der Waals surface area contributed by atoms with E-state index in [0.717, 1.165) is 5.56 Å². The molecule has 2 atom stereocenters. The summed E-state index contributed by atoms with van der Waals surface area (Å²) in [5.74, 6) is 0.00911. The van der Waals surface area contributed by atoms with E-state index in [4.69, 9.17) is 14.2 Å². The van der Waals surface area contributed by atoms with Crippen LogP contribution < -0.4 is 9.47 Å². The molecular formula is C19H22O6. The van der Waals surface area contributed by atoms with E-state index in [2.05, 4.69) is 0 Å². The van der Waals surface area contributed by atoms with Crippen molar-refractivity contribution in [1.29, 1.82) is 0 Å². The van der Waals surface area contributed by atoms with Crippen molar-refractivity contribution in [3.8, 4) is 11.5 Å². The average molecular weight is 346 g/mol. The maximum Gasteiger partial charge on any atom is 0.338 e. The molecule has 0 spiro atoms. The molecule has 0 aromatic heterocycles. The molecule has 0 aliphatic heterocycles. The van der Waals surface area contributed by atoms with E-state index in [1.54, 1.807) is 19.1 Å². The predicted molar refractivity (Wildman–Crippen MR) is 91.4 cm³/mol. The summed E-state index contributed by atoms with van der Waals surface area (Å²) < 4.78 is 15.7. The second-order valence-electron chi connectivity index (χ2n) is 5.33. The fraction of sp³-hybridized carbons (Fsp3) is 0.316. The molecule has 25 heavy (non-hydrogen) atoms. The number of methoxy groups -OCH3 is 1. The minimum Gasteiger partial charge on any atom is -0.493 e. The van der Waals surface area contributed by atoms with Crippen molar-refractivity contribution in [3.05, 3.63) is 59.7 Å². The minimum absolute atomic E-state index is 0.123. The molecule has 0 fully saturated rings. The van der Waals surface area contributed by atoms with E-state index in [9.17, 15) is 15.0 Å². The number of benzene rings is 2. The van der Waals surface area contributed by atoms with Crippen LogP contribution in [0, 0.1) is 0 Å². The molecule has 2 aromatic carbocycles. The Balaban J connectivity index is 2.11. The zero-order chi connectivity index (χ0) is 18.2. The quantitative estimate of drug-likeness (QED) is 0.713. The largest absolute Gasteiger partial charge is 0.493 e. The molecule has 134 valence electrons. The first-order chi connectivity index (χ1) is 12.1. The lowest BCUT2D eigenvalue weighted by Gasteiger charge is -2.18. The van der Waals surface area contributed by atoms with Crippen molar-refractivity contribution in [2.75, 3.05) is 13.7 Å². The van der Waals surface area contributed by atoms with Crippen LogP contribution in [0.1, 0.15) is 24.2 Å². The zero-order valence-corrected chi connectivity index (χ0v) is 14.2. The van der Waals surface area contributed by atoms with Gasteiger partial charge in [0.2, 0.25) is 0 Å². The summed E-state index contributed by atoms with van der Waals surface area (Å²) in [6.45, 7) is 2.11. The smallest absolute Gasteiger partial charge is 0.338 e. The summed E-state index contributed by atoms with van der Waals surface area (Å²) in [5.41, 5.74) is 1.33. The van der Waals surface area contributed by atoms with E-state index in [1.165, 1.54) is 13.2 Å². The molecule has 0 saturated heterocycles. The van der Waals surface area contributed by atoms with Gasteiger partial charge in [-0.15, -0.1) is 0 Å². The number of ether oxygens (including phenoxy) is 3. The first-order valence-electron chi connectivity index (χ1n) is 7.94. The molecule has 0 saturated carbocycles. The third-order valence-electron chi connectivity index (χ3n) is 3.59. The van der Waals surface area contributed by atoms with Crippen LogP contribution in [0.2, 0.25) is 0 Å². The average Bonchev–Trinajstić information content (AvgIpc) is 2.66. The molecule has 0 aliphatic rings. The van der Waals surface area contributed by atoms with Gasteiger partial charge in [-0.2, -0.15) is 0 Å². The van der Waals surface area contributed by atoms with Crippen molar-refractivity contribution < 1.29 is 29.2 Å². The van der Waals surface area contributed by atoms with Gasteiger partial charge in [0.05, 0.1) is 13.7 Å². The highest BCUT2D eigenvalue weighted by molar-refractivity contribution is 5.75. The van der Waals surface area contributed by atoms with E-state index >= 15 is 0 Å². The van der Waals surface area contributed by atoms with E-state index in [1.807, 2.05) is 30.3 Å². The molecule has 0 amide bonds. The number of aliphatic hydroxyl groups excluding tert-OH is 2. The van der Waals surface area contributed by atoms with E-state index in [0.29, 0.717) is 23.7 Å². The SMILES string of the molecule is CCOC(=O)C(O)C(O)c1ccc(OCc2ccccc2)c(OC)c1. The molecule has 6 heteroatoms. The van der Waals surface area contributed by atoms with Crippen LogP contribution in [-0.4, -0.2) is 36.0 Å². The molecule has 2 aromatic rings. The molecule has 6 nitrogen and oxygen atoms in total. The van der Waals surface area contributed by atoms with Gasteiger partial charge in [0.25, 0.3) is 0 Å². The normalized spacial score (nSPS) is 13.0. The number of carbonyl (C=O) groups excluding carboxylic acids is 1. The summed E-state index contributed by atoms with van der Waals surface area (Å²) in [4.78, 5) is 11.6. The summed E-state index contributed by atoms with van der Waals surface area (Å²) >= 11 is 0. The van der Waals surface area contributed by atoms with E-state index in [-0.39, 0.29) is 6.61 Å². The number of carbonyl (C=O) groups is 1. The topological polar surface area (TPSA) is 85.2 Å². The van der Waals surface area contributed by atoms with Crippen LogP contribution in [-0.2, 0) is 16.1 Å². The Bertz CT molecular complexity index is 686. The van der Waals surface area contributed by atoms with Crippen LogP contribution in [0.4, 0.5) is 0 Å². The van der Waals surface area contributed by atoms with Crippen LogP contribution in [0.25, 0.3) is 0 Å². The van der Waals surface area contributed by atoms with Crippen molar-refractivity contribution >= 4 is 5.97 Å². The lowest BCUT2D eigenvalue weighted by atomic mass is 10.0. The molecule has 2 rings (SSSR count). The number of esters is 1. The molecule has 0 bridgehead atoms. The molecule has 2 unspecified atom stereocenters. The number of aliphatic hydroxyl groups is 2. The fourth-order valence-electron chi connectivity index (χ4n) is 2.26. The first-order valence-corrected chi connectivity index (χ1v) is 7.94. The minimum atomic E-state index is -1.67. The third kappa shape index (κ3) is 4.95. The molecule has 0 aliphatic carbocycles. The van der Waals surface area contributed by atoms with Gasteiger partial charge >= 0.3 is 5.97 Å². The van der Waals surface area contributed by atoms with E-state index < -0.39 is 18.2 Å². The highest BCUT2D eigenvalue weighted by atomic mass is 16.5. The number of hydrogen-bond acceptors (Lipinski definition) is 6. The highest BCUT2D eigenvalue weighted by Gasteiger charge is 2.27. The van der Waals surface area contributed by atoms with Crippen LogP contribution in [0.3, 0.4) is 0 Å². The Labute approximate surface area is 146 Å². The Morgan fingerprint density at radius 1 is 1.08 bits per heavy atom. The number of hydrogen-bond donors (Lipinski definition) is 2. The Kier molecular flexibility index (Phi) is 6.80. The van der Waals surface area contributed by atoms with Gasteiger partial charge in [0.1, 0.15) is 12.7 Å². The lowest BCUT2D eigenvalue weighted by molar-refractivity contribution is -0.159. The number of rotatable bonds is 8. The summed E-state index contributed by atoms with van der Waals surface area (Å²) in [6, 6.07) is 14.4. The van der Waals surface area contributed by atoms with Crippen molar-refractivity contribution in [2.45, 2.75) is 25.7 Å². The summed E-state index contributed by atoms with van der Waals surface area (Å²) in [5, 5.41) is 20.0. The van der Waals surface area contributed by atoms with Crippen LogP contribution in [0.15, 0.2) is 48.5 Å². The summed E-state index contributed by atoms with van der Waals surface area (Å²) in [6.07, 6.45) is -3.09. The van der Waals surface area contributed by atoms with Gasteiger partial charge in [-0.25, -0.2) is 4.79 Å². The fourth-order valence-corrected chi connectivity index (χ4v) is 2.26. The van der Waals surface area contributed by atoms with Gasteiger partial charge < -0.3 is 24.4 Å². The van der Waals surface area contributed by atoms with Gasteiger partial charge in [-0.3, -0.25) is 0 Å². The molecule has 2 N–H and O–H groups in total. The molecular weight excluding hydrogens is 324 g/mol. The van der Waals surface area contributed by atoms with Gasteiger partial charge in [-0.1, -0.05) is 36.4 Å². The second-order valence-corrected chi connectivity index (χ2v) is 5.33. The van der Waals surface area contributed by atoms with Crippen LogP contribution >= 0.6 is 0 Å². The van der Waals surface area contributed by atoms with Gasteiger partial charge in [-0.05, 0) is 30.2 Å². The van der Waals surface area contributed by atoms with Crippen molar-refractivity contribution in [3.63, 3.8) is 0 Å². The second kappa shape index (κ2) is 9.05.